The third kappa shape index (κ3) is 2.34. The molecule has 1 amide bonds. The van der Waals surface area contributed by atoms with Gasteiger partial charge in [0.05, 0.1) is 6.42 Å². The van der Waals surface area contributed by atoms with E-state index in [4.69, 9.17) is 0 Å². The fourth-order valence-corrected chi connectivity index (χ4v) is 2.57. The first kappa shape index (κ1) is 12.9. The molecule has 102 valence electrons. The molecule has 2 aromatic rings. The van der Waals surface area contributed by atoms with Crippen LogP contribution in [-0.4, -0.2) is 5.91 Å². The summed E-state index contributed by atoms with van der Waals surface area (Å²) in [6, 6.07) is 14.9. The highest BCUT2D eigenvalue weighted by molar-refractivity contribution is 5.99. The SMILES string of the molecule is CC(C)(C)c1ccc(-c2ccc3c(c2)CC(=O)N3)cc1. The van der Waals surface area contributed by atoms with Crippen molar-refractivity contribution in [1.29, 1.82) is 0 Å². The molecule has 20 heavy (non-hydrogen) atoms. The van der Waals surface area contributed by atoms with Crippen LogP contribution in [0.15, 0.2) is 42.5 Å². The van der Waals surface area contributed by atoms with Gasteiger partial charge in [0.1, 0.15) is 0 Å². The highest BCUT2D eigenvalue weighted by Gasteiger charge is 2.18. The topological polar surface area (TPSA) is 29.1 Å². The first-order chi connectivity index (χ1) is 9.43. The minimum atomic E-state index is 0.0835. The Morgan fingerprint density at radius 3 is 2.25 bits per heavy atom. The monoisotopic (exact) mass is 265 g/mol. The van der Waals surface area contributed by atoms with E-state index in [-0.39, 0.29) is 11.3 Å². The molecule has 3 rings (SSSR count). The summed E-state index contributed by atoms with van der Waals surface area (Å²) >= 11 is 0. The normalized spacial score (nSPS) is 14.1. The molecule has 0 spiro atoms. The zero-order chi connectivity index (χ0) is 14.3. The Labute approximate surface area is 119 Å². The summed E-state index contributed by atoms with van der Waals surface area (Å²) in [7, 11) is 0. The van der Waals surface area contributed by atoms with Crippen LogP contribution in [0.25, 0.3) is 11.1 Å². The van der Waals surface area contributed by atoms with Gasteiger partial charge in [-0.25, -0.2) is 0 Å². The first-order valence-corrected chi connectivity index (χ1v) is 6.97. The number of benzene rings is 2. The number of anilines is 1. The molecule has 0 saturated carbocycles. The van der Waals surface area contributed by atoms with Crippen LogP contribution in [0, 0.1) is 0 Å². The minimum absolute atomic E-state index is 0.0835. The zero-order valence-corrected chi connectivity index (χ0v) is 12.2. The van der Waals surface area contributed by atoms with Crippen molar-refractivity contribution in [2.45, 2.75) is 32.6 Å². The molecule has 0 bridgehead atoms. The van der Waals surface area contributed by atoms with Gasteiger partial charge in [-0.2, -0.15) is 0 Å². The third-order valence-corrected chi connectivity index (χ3v) is 3.81. The fourth-order valence-electron chi connectivity index (χ4n) is 2.57. The Balaban J connectivity index is 1.94. The maximum Gasteiger partial charge on any atom is 0.228 e. The average Bonchev–Trinajstić information content (AvgIpc) is 2.77. The van der Waals surface area contributed by atoms with Crippen molar-refractivity contribution in [3.8, 4) is 11.1 Å². The number of amides is 1. The van der Waals surface area contributed by atoms with Crippen LogP contribution in [0.5, 0.6) is 0 Å². The summed E-state index contributed by atoms with van der Waals surface area (Å²) in [4.78, 5) is 11.4. The molecule has 1 N–H and O–H groups in total. The van der Waals surface area contributed by atoms with E-state index < -0.39 is 0 Å². The van der Waals surface area contributed by atoms with E-state index in [0.29, 0.717) is 6.42 Å². The number of rotatable bonds is 1. The molecule has 1 aliphatic rings. The second-order valence-corrected chi connectivity index (χ2v) is 6.42. The molecule has 2 nitrogen and oxygen atoms in total. The van der Waals surface area contributed by atoms with Crippen molar-refractivity contribution in [3.63, 3.8) is 0 Å². The molecule has 0 fully saturated rings. The van der Waals surface area contributed by atoms with Gasteiger partial charge in [-0.1, -0.05) is 51.1 Å². The Hall–Kier alpha value is -2.09. The lowest BCUT2D eigenvalue weighted by molar-refractivity contribution is -0.115. The predicted molar refractivity (Wildman–Crippen MR) is 82.9 cm³/mol. The number of fused-ring (bicyclic) bond motifs is 1. The van der Waals surface area contributed by atoms with Crippen LogP contribution in [0.3, 0.4) is 0 Å². The van der Waals surface area contributed by atoms with Crippen LogP contribution in [0.4, 0.5) is 5.69 Å². The van der Waals surface area contributed by atoms with E-state index in [0.717, 1.165) is 11.3 Å². The Kier molecular flexibility index (Phi) is 2.89. The Bertz CT molecular complexity index is 663. The summed E-state index contributed by atoms with van der Waals surface area (Å²) in [5.74, 6) is 0.0835. The van der Waals surface area contributed by atoms with Crippen LogP contribution in [0.2, 0.25) is 0 Å². The van der Waals surface area contributed by atoms with Crippen LogP contribution < -0.4 is 5.32 Å². The van der Waals surface area contributed by atoms with Crippen LogP contribution in [0.1, 0.15) is 31.9 Å². The Morgan fingerprint density at radius 2 is 1.60 bits per heavy atom. The molecule has 2 aromatic carbocycles. The summed E-state index contributed by atoms with van der Waals surface area (Å²) in [5.41, 5.74) is 5.91. The van der Waals surface area contributed by atoms with Gasteiger partial charge in [0.15, 0.2) is 0 Å². The average molecular weight is 265 g/mol. The van der Waals surface area contributed by atoms with Gasteiger partial charge < -0.3 is 5.32 Å². The lowest BCUT2D eigenvalue weighted by Crippen LogP contribution is -2.10. The molecule has 0 radical (unpaired) electrons. The van der Waals surface area contributed by atoms with Crippen molar-refractivity contribution in [2.75, 3.05) is 5.32 Å². The highest BCUT2D eigenvalue weighted by Crippen LogP contribution is 2.30. The summed E-state index contributed by atoms with van der Waals surface area (Å²) in [6.07, 6.45) is 0.489. The summed E-state index contributed by atoms with van der Waals surface area (Å²) in [6.45, 7) is 6.65. The molecule has 1 heterocycles. The van der Waals surface area contributed by atoms with Gasteiger partial charge in [-0.15, -0.1) is 0 Å². The van der Waals surface area contributed by atoms with Gasteiger partial charge in [0, 0.05) is 5.69 Å². The van der Waals surface area contributed by atoms with Crippen molar-refractivity contribution < 1.29 is 4.79 Å². The standard InChI is InChI=1S/C18H19NO/c1-18(2,3)15-7-4-12(5-8-15)13-6-9-16-14(10-13)11-17(20)19-16/h4-10H,11H2,1-3H3,(H,19,20). The second kappa shape index (κ2) is 4.48. The van der Waals surface area contributed by atoms with E-state index in [9.17, 15) is 4.79 Å². The zero-order valence-electron chi connectivity index (χ0n) is 12.2. The molecule has 0 aromatic heterocycles. The number of carbonyl (C=O) groups is 1. The van der Waals surface area contributed by atoms with Gasteiger partial charge in [-0.05, 0) is 39.8 Å². The van der Waals surface area contributed by atoms with E-state index in [1.54, 1.807) is 0 Å². The van der Waals surface area contributed by atoms with Crippen molar-refractivity contribution in [2.24, 2.45) is 0 Å². The minimum Gasteiger partial charge on any atom is -0.326 e. The Morgan fingerprint density at radius 1 is 0.950 bits per heavy atom. The summed E-state index contributed by atoms with van der Waals surface area (Å²) < 4.78 is 0. The predicted octanol–water partition coefficient (Wildman–Crippen LogP) is 4.15. The largest absolute Gasteiger partial charge is 0.326 e. The number of nitrogens with one attached hydrogen (secondary N) is 1. The highest BCUT2D eigenvalue weighted by atomic mass is 16.1. The summed E-state index contributed by atoms with van der Waals surface area (Å²) in [5, 5.41) is 2.87. The van der Waals surface area contributed by atoms with Gasteiger partial charge >= 0.3 is 0 Å². The molecule has 1 aliphatic heterocycles. The van der Waals surface area contributed by atoms with Crippen molar-refractivity contribution in [3.05, 3.63) is 53.6 Å². The van der Waals surface area contributed by atoms with E-state index in [1.807, 2.05) is 6.07 Å². The maximum atomic E-state index is 11.4. The lowest BCUT2D eigenvalue weighted by atomic mass is 9.86. The van der Waals surface area contributed by atoms with E-state index in [2.05, 4.69) is 62.5 Å². The van der Waals surface area contributed by atoms with Crippen molar-refractivity contribution >= 4 is 11.6 Å². The molecule has 0 atom stereocenters. The number of hydrogen-bond donors (Lipinski definition) is 1. The van der Waals surface area contributed by atoms with Gasteiger partial charge in [0.2, 0.25) is 5.91 Å². The third-order valence-electron chi connectivity index (χ3n) is 3.81. The maximum absolute atomic E-state index is 11.4. The molecular weight excluding hydrogens is 246 g/mol. The first-order valence-electron chi connectivity index (χ1n) is 6.97. The van der Waals surface area contributed by atoms with Crippen LogP contribution in [-0.2, 0) is 16.6 Å². The van der Waals surface area contributed by atoms with E-state index in [1.165, 1.54) is 16.7 Å². The molecule has 2 heteroatoms. The smallest absolute Gasteiger partial charge is 0.228 e. The molecule has 0 saturated heterocycles. The lowest BCUT2D eigenvalue weighted by Gasteiger charge is -2.19. The molecular formula is C18H19NO. The molecule has 0 unspecified atom stereocenters. The number of carbonyl (C=O) groups excluding carboxylic acids is 1. The number of hydrogen-bond acceptors (Lipinski definition) is 1. The fraction of sp³-hybridized carbons (Fsp3) is 0.278. The quantitative estimate of drug-likeness (QED) is 0.824. The molecule has 0 aliphatic carbocycles. The van der Waals surface area contributed by atoms with Crippen molar-refractivity contribution in [1.82, 2.24) is 0 Å². The van der Waals surface area contributed by atoms with Gasteiger partial charge in [-0.3, -0.25) is 4.79 Å². The second-order valence-electron chi connectivity index (χ2n) is 6.42. The van der Waals surface area contributed by atoms with Crippen LogP contribution >= 0.6 is 0 Å². The van der Waals surface area contributed by atoms with Gasteiger partial charge in [0.25, 0.3) is 0 Å². The van der Waals surface area contributed by atoms with E-state index >= 15 is 0 Å².